The van der Waals surface area contributed by atoms with Crippen LogP contribution in [0.2, 0.25) is 0 Å². The minimum atomic E-state index is -0.511. The summed E-state index contributed by atoms with van der Waals surface area (Å²) in [7, 11) is 0. The average molecular weight is 276 g/mol. The molecule has 0 fully saturated rings. The first kappa shape index (κ1) is 11.9. The van der Waals surface area contributed by atoms with Crippen molar-refractivity contribution in [3.63, 3.8) is 0 Å². The second-order valence-electron chi connectivity index (χ2n) is 4.24. The molecule has 3 rings (SSSR count). The van der Waals surface area contributed by atoms with Crippen molar-refractivity contribution in [2.75, 3.05) is 10.6 Å². The van der Waals surface area contributed by atoms with E-state index >= 15 is 0 Å². The van der Waals surface area contributed by atoms with Crippen LogP contribution < -0.4 is 15.4 Å². The molecule has 6 nitrogen and oxygen atoms in total. The van der Waals surface area contributed by atoms with Crippen LogP contribution in [-0.2, 0) is 11.3 Å². The predicted molar refractivity (Wildman–Crippen MR) is 72.0 cm³/mol. The fourth-order valence-corrected chi connectivity index (χ4v) is 2.43. The smallest absolute Gasteiger partial charge is 0.268 e. The summed E-state index contributed by atoms with van der Waals surface area (Å²) in [6, 6.07) is 7.42. The summed E-state index contributed by atoms with van der Waals surface area (Å²) < 4.78 is 9.35. The molecule has 0 aliphatic carbocycles. The summed E-state index contributed by atoms with van der Waals surface area (Å²) in [5.41, 5.74) is 7.13. The molecule has 0 bridgehead atoms. The van der Waals surface area contributed by atoms with E-state index in [9.17, 15) is 4.79 Å². The maximum atomic E-state index is 12.2. The topological polar surface area (TPSA) is 81.3 Å². The van der Waals surface area contributed by atoms with Gasteiger partial charge in [0.1, 0.15) is 16.4 Å². The highest BCUT2D eigenvalue weighted by Gasteiger charge is 2.32. The average Bonchev–Trinajstić information content (AvgIpc) is 2.80. The summed E-state index contributed by atoms with van der Waals surface area (Å²) in [4.78, 5) is 13.9. The Morgan fingerprint density at radius 3 is 3.00 bits per heavy atom. The highest BCUT2D eigenvalue weighted by atomic mass is 32.1. The van der Waals surface area contributed by atoms with E-state index < -0.39 is 6.10 Å². The van der Waals surface area contributed by atoms with Gasteiger partial charge in [-0.05, 0) is 19.1 Å². The van der Waals surface area contributed by atoms with Crippen molar-refractivity contribution >= 4 is 28.1 Å². The number of carbonyl (C=O) groups excluding carboxylic acids is 1. The third kappa shape index (κ3) is 2.01. The van der Waals surface area contributed by atoms with E-state index in [1.54, 1.807) is 11.8 Å². The fraction of sp³-hybridized carbons (Fsp3) is 0.250. The molecule has 2 heterocycles. The normalized spacial score (nSPS) is 18.1. The molecule has 2 N–H and O–H groups in total. The number of benzene rings is 1. The molecule has 0 saturated heterocycles. The van der Waals surface area contributed by atoms with Gasteiger partial charge in [-0.2, -0.15) is 0 Å². The zero-order chi connectivity index (χ0) is 13.4. The minimum absolute atomic E-state index is 0.105. The quantitative estimate of drug-likeness (QED) is 0.897. The van der Waals surface area contributed by atoms with E-state index in [4.69, 9.17) is 10.5 Å². The lowest BCUT2D eigenvalue weighted by Crippen LogP contribution is -2.44. The molecule has 1 amide bonds. The van der Waals surface area contributed by atoms with E-state index in [1.165, 1.54) is 0 Å². The Labute approximate surface area is 114 Å². The van der Waals surface area contributed by atoms with Gasteiger partial charge in [0, 0.05) is 11.5 Å². The first-order valence-electron chi connectivity index (χ1n) is 5.80. The lowest BCUT2D eigenvalue weighted by atomic mass is 10.2. The summed E-state index contributed by atoms with van der Waals surface area (Å²) in [5, 5.41) is 4.48. The predicted octanol–water partition coefficient (Wildman–Crippen LogP) is 1.43. The van der Waals surface area contributed by atoms with Crippen LogP contribution in [0.3, 0.4) is 0 Å². The van der Waals surface area contributed by atoms with Crippen LogP contribution in [0.5, 0.6) is 5.75 Å². The number of nitrogens with two attached hydrogens (primary N) is 1. The maximum Gasteiger partial charge on any atom is 0.268 e. The molecule has 1 aliphatic rings. The van der Waals surface area contributed by atoms with Gasteiger partial charge in [-0.15, -0.1) is 5.10 Å². The molecule has 1 aromatic carbocycles. The van der Waals surface area contributed by atoms with Crippen LogP contribution in [0.15, 0.2) is 24.3 Å². The van der Waals surface area contributed by atoms with E-state index in [0.717, 1.165) is 17.2 Å². The number of anilines is 2. The molecule has 1 aliphatic heterocycles. The SMILES string of the molecule is CC1Oc2ccccc2N(Cc2nnsc2N)C1=O. The molecule has 0 radical (unpaired) electrons. The first-order chi connectivity index (χ1) is 9.16. The van der Waals surface area contributed by atoms with E-state index in [-0.39, 0.29) is 5.91 Å². The summed E-state index contributed by atoms with van der Waals surface area (Å²) in [6.45, 7) is 2.04. The lowest BCUT2D eigenvalue weighted by Gasteiger charge is -2.32. The van der Waals surface area contributed by atoms with Crippen molar-refractivity contribution in [2.45, 2.75) is 19.6 Å². The third-order valence-corrected chi connectivity index (χ3v) is 3.56. The van der Waals surface area contributed by atoms with Crippen molar-refractivity contribution in [1.29, 1.82) is 0 Å². The van der Waals surface area contributed by atoms with Gasteiger partial charge in [0.25, 0.3) is 5.91 Å². The number of hydrogen-bond acceptors (Lipinski definition) is 6. The molecule has 98 valence electrons. The summed E-state index contributed by atoms with van der Waals surface area (Å²) >= 11 is 1.12. The molecular weight excluding hydrogens is 264 g/mol. The molecule has 1 unspecified atom stereocenters. The van der Waals surface area contributed by atoms with Gasteiger partial charge in [-0.25, -0.2) is 0 Å². The number of nitrogen functional groups attached to an aromatic ring is 1. The molecule has 1 atom stereocenters. The Bertz CT molecular complexity index is 628. The van der Waals surface area contributed by atoms with Crippen molar-refractivity contribution in [2.24, 2.45) is 0 Å². The highest BCUT2D eigenvalue weighted by molar-refractivity contribution is 7.09. The third-order valence-electron chi connectivity index (χ3n) is 2.97. The van der Waals surface area contributed by atoms with Gasteiger partial charge in [-0.1, -0.05) is 16.6 Å². The molecule has 7 heteroatoms. The number of amides is 1. The lowest BCUT2D eigenvalue weighted by molar-refractivity contribution is -0.125. The minimum Gasteiger partial charge on any atom is -0.479 e. The van der Waals surface area contributed by atoms with Gasteiger partial charge in [0.05, 0.1) is 12.2 Å². The highest BCUT2D eigenvalue weighted by Crippen LogP contribution is 2.35. The monoisotopic (exact) mass is 276 g/mol. The van der Waals surface area contributed by atoms with Crippen molar-refractivity contribution < 1.29 is 9.53 Å². The Balaban J connectivity index is 1.99. The van der Waals surface area contributed by atoms with E-state index in [1.807, 2.05) is 24.3 Å². The number of carbonyl (C=O) groups is 1. The Kier molecular flexibility index (Phi) is 2.83. The Morgan fingerprint density at radius 1 is 1.47 bits per heavy atom. The zero-order valence-electron chi connectivity index (χ0n) is 10.2. The maximum absolute atomic E-state index is 12.2. The Hall–Kier alpha value is -2.15. The second-order valence-corrected chi connectivity index (χ2v) is 5.02. The summed E-state index contributed by atoms with van der Waals surface area (Å²) in [6.07, 6.45) is -0.511. The number of rotatable bonds is 2. The zero-order valence-corrected chi connectivity index (χ0v) is 11.1. The molecule has 0 spiro atoms. The number of aromatic nitrogens is 2. The van der Waals surface area contributed by atoms with Gasteiger partial charge in [-0.3, -0.25) is 9.69 Å². The van der Waals surface area contributed by atoms with Crippen LogP contribution in [-0.4, -0.2) is 21.6 Å². The van der Waals surface area contributed by atoms with Crippen molar-refractivity contribution in [3.05, 3.63) is 30.0 Å². The largest absolute Gasteiger partial charge is 0.479 e. The number of fused-ring (bicyclic) bond motifs is 1. The number of ether oxygens (including phenoxy) is 1. The fourth-order valence-electron chi connectivity index (χ4n) is 2.00. The van der Waals surface area contributed by atoms with Gasteiger partial charge in [0.2, 0.25) is 0 Å². The van der Waals surface area contributed by atoms with Crippen molar-refractivity contribution in [1.82, 2.24) is 9.59 Å². The number of para-hydroxylation sites is 2. The number of nitrogens with zero attached hydrogens (tertiary/aromatic N) is 3. The van der Waals surface area contributed by atoms with Gasteiger partial charge in [0.15, 0.2) is 6.10 Å². The Morgan fingerprint density at radius 2 is 2.26 bits per heavy atom. The molecule has 19 heavy (non-hydrogen) atoms. The molecule has 2 aromatic rings. The van der Waals surface area contributed by atoms with Gasteiger partial charge < -0.3 is 10.5 Å². The van der Waals surface area contributed by atoms with Crippen LogP contribution in [0.25, 0.3) is 0 Å². The van der Waals surface area contributed by atoms with Crippen LogP contribution in [0, 0.1) is 0 Å². The molecule has 0 saturated carbocycles. The molecular formula is C12H12N4O2S. The van der Waals surface area contributed by atoms with Crippen LogP contribution >= 0.6 is 11.5 Å². The van der Waals surface area contributed by atoms with Crippen molar-refractivity contribution in [3.8, 4) is 5.75 Å². The first-order valence-corrected chi connectivity index (χ1v) is 6.58. The standard InChI is InChI=1S/C12H12N4O2S/c1-7-12(17)16(6-8-11(13)19-15-14-8)9-4-2-3-5-10(9)18-7/h2-5,7H,6,13H2,1H3. The van der Waals surface area contributed by atoms with Crippen LogP contribution in [0.4, 0.5) is 10.7 Å². The second kappa shape index (κ2) is 4.51. The van der Waals surface area contributed by atoms with Gasteiger partial charge >= 0.3 is 0 Å². The molecule has 1 aromatic heterocycles. The van der Waals surface area contributed by atoms with E-state index in [0.29, 0.717) is 23.0 Å². The number of hydrogen-bond donors (Lipinski definition) is 1. The van der Waals surface area contributed by atoms with E-state index in [2.05, 4.69) is 9.59 Å². The summed E-state index contributed by atoms with van der Waals surface area (Å²) in [5.74, 6) is 0.586. The van der Waals surface area contributed by atoms with Crippen LogP contribution in [0.1, 0.15) is 12.6 Å².